The summed E-state index contributed by atoms with van der Waals surface area (Å²) >= 11 is 0. The third kappa shape index (κ3) is 8.09. The summed E-state index contributed by atoms with van der Waals surface area (Å²) in [5, 5.41) is 2.83. The fourth-order valence-electron chi connectivity index (χ4n) is 3.99. The van der Waals surface area contributed by atoms with Gasteiger partial charge in [-0.1, -0.05) is 42.8 Å². The highest BCUT2D eigenvalue weighted by molar-refractivity contribution is 7.92. The largest absolute Gasteiger partial charge is 0.355 e. The first-order chi connectivity index (χ1) is 16.5. The number of nitrogens with one attached hydrogen (secondary N) is 1. The number of carbonyl (C=O) groups excluding carboxylic acids is 2. The molecule has 0 aliphatic carbocycles. The Labute approximate surface area is 210 Å². The number of benzene rings is 2. The van der Waals surface area contributed by atoms with Crippen LogP contribution in [0.4, 0.5) is 5.69 Å². The molecule has 0 aliphatic rings. The minimum absolute atomic E-state index is 0.138. The predicted molar refractivity (Wildman–Crippen MR) is 142 cm³/mol. The van der Waals surface area contributed by atoms with Gasteiger partial charge in [-0.15, -0.1) is 0 Å². The van der Waals surface area contributed by atoms with Gasteiger partial charge in [0, 0.05) is 26.1 Å². The van der Waals surface area contributed by atoms with Crippen LogP contribution in [0, 0.1) is 20.8 Å². The first-order valence-corrected chi connectivity index (χ1v) is 14.0. The average Bonchev–Trinajstić information content (AvgIpc) is 2.79. The van der Waals surface area contributed by atoms with Crippen molar-refractivity contribution in [3.8, 4) is 0 Å². The van der Waals surface area contributed by atoms with E-state index in [9.17, 15) is 18.0 Å². The molecule has 0 saturated carbocycles. The normalized spacial score (nSPS) is 12.2. The Balaban J connectivity index is 2.21. The van der Waals surface area contributed by atoms with Gasteiger partial charge in [0.25, 0.3) is 0 Å². The topological polar surface area (TPSA) is 86.8 Å². The Hall–Kier alpha value is -2.87. The van der Waals surface area contributed by atoms with Gasteiger partial charge < -0.3 is 10.2 Å². The minimum Gasteiger partial charge on any atom is -0.355 e. The van der Waals surface area contributed by atoms with E-state index >= 15 is 0 Å². The number of aryl methyl sites for hydroxylation is 3. The Morgan fingerprint density at radius 3 is 2.17 bits per heavy atom. The van der Waals surface area contributed by atoms with E-state index in [0.717, 1.165) is 22.3 Å². The Morgan fingerprint density at radius 1 is 0.971 bits per heavy atom. The Bertz CT molecular complexity index is 1110. The lowest BCUT2D eigenvalue weighted by Crippen LogP contribution is -2.49. The van der Waals surface area contributed by atoms with Crippen molar-refractivity contribution in [2.75, 3.05) is 23.7 Å². The maximum absolute atomic E-state index is 13.4. The van der Waals surface area contributed by atoms with E-state index in [4.69, 9.17) is 0 Å². The number of carbonyl (C=O) groups is 2. The fourth-order valence-corrected chi connectivity index (χ4v) is 4.94. The first kappa shape index (κ1) is 28.4. The summed E-state index contributed by atoms with van der Waals surface area (Å²) in [5.74, 6) is -0.347. The lowest BCUT2D eigenvalue weighted by molar-refractivity contribution is -0.141. The predicted octanol–water partition coefficient (Wildman–Crippen LogP) is 4.10. The standard InChI is InChI=1S/C27H39N3O4S/c1-7-25(27(32)28-8-2)29(19-23-14-11-20(3)12-15-23)26(31)10-9-17-30(35(6,33)34)24-16-13-21(4)22(5)18-24/h11-16,18,25H,7-10,17,19H2,1-6H3,(H,28,32). The third-order valence-electron chi connectivity index (χ3n) is 6.14. The number of anilines is 1. The van der Waals surface area contributed by atoms with Crippen molar-refractivity contribution in [1.82, 2.24) is 10.2 Å². The van der Waals surface area contributed by atoms with Crippen molar-refractivity contribution in [1.29, 1.82) is 0 Å². The average molecular weight is 502 g/mol. The number of hydrogen-bond donors (Lipinski definition) is 1. The molecule has 8 heteroatoms. The summed E-state index contributed by atoms with van der Waals surface area (Å²) < 4.78 is 26.3. The van der Waals surface area contributed by atoms with Crippen LogP contribution >= 0.6 is 0 Å². The van der Waals surface area contributed by atoms with Gasteiger partial charge in [0.2, 0.25) is 21.8 Å². The lowest BCUT2D eigenvalue weighted by Gasteiger charge is -2.31. The van der Waals surface area contributed by atoms with Gasteiger partial charge in [0.15, 0.2) is 0 Å². The first-order valence-electron chi connectivity index (χ1n) is 12.2. The van der Waals surface area contributed by atoms with Crippen LogP contribution in [0.25, 0.3) is 0 Å². The van der Waals surface area contributed by atoms with Crippen LogP contribution < -0.4 is 9.62 Å². The zero-order valence-corrected chi connectivity index (χ0v) is 22.6. The van der Waals surface area contributed by atoms with Crippen molar-refractivity contribution in [2.45, 2.75) is 66.5 Å². The summed E-state index contributed by atoms with van der Waals surface area (Å²) in [6.07, 6.45) is 2.14. The summed E-state index contributed by atoms with van der Waals surface area (Å²) in [4.78, 5) is 27.7. The van der Waals surface area contributed by atoms with E-state index in [1.165, 1.54) is 10.6 Å². The van der Waals surface area contributed by atoms with E-state index in [1.54, 1.807) is 11.0 Å². The second kappa shape index (κ2) is 12.7. The minimum atomic E-state index is -3.52. The van der Waals surface area contributed by atoms with E-state index in [0.29, 0.717) is 31.6 Å². The molecule has 0 spiro atoms. The highest BCUT2D eigenvalue weighted by Gasteiger charge is 2.28. The number of likely N-dealkylation sites (N-methyl/N-ethyl adjacent to an activating group) is 1. The molecule has 192 valence electrons. The zero-order valence-electron chi connectivity index (χ0n) is 21.8. The number of amides is 2. The number of nitrogens with zero attached hydrogens (tertiary/aromatic N) is 2. The molecule has 1 unspecified atom stereocenters. The SMILES string of the molecule is CCNC(=O)C(CC)N(Cc1ccc(C)cc1)C(=O)CCCN(c1ccc(C)c(C)c1)S(C)(=O)=O. The molecule has 2 rings (SSSR count). The molecule has 2 aromatic rings. The lowest BCUT2D eigenvalue weighted by atomic mass is 10.1. The van der Waals surface area contributed by atoms with Crippen molar-refractivity contribution in [3.63, 3.8) is 0 Å². The van der Waals surface area contributed by atoms with Crippen LogP contribution in [-0.2, 0) is 26.2 Å². The van der Waals surface area contributed by atoms with Gasteiger partial charge in [-0.25, -0.2) is 8.42 Å². The maximum atomic E-state index is 13.4. The molecule has 0 aliphatic heterocycles. The Kier molecular flexibility index (Phi) is 10.3. The van der Waals surface area contributed by atoms with E-state index < -0.39 is 16.1 Å². The van der Waals surface area contributed by atoms with Crippen molar-refractivity contribution < 1.29 is 18.0 Å². The third-order valence-corrected chi connectivity index (χ3v) is 7.34. The quantitative estimate of drug-likeness (QED) is 0.474. The molecule has 0 radical (unpaired) electrons. The molecule has 0 saturated heterocycles. The van der Waals surface area contributed by atoms with Crippen LogP contribution in [0.3, 0.4) is 0 Å². The summed E-state index contributed by atoms with van der Waals surface area (Å²) in [7, 11) is -3.52. The van der Waals surface area contributed by atoms with Crippen molar-refractivity contribution in [2.24, 2.45) is 0 Å². The number of sulfonamides is 1. The van der Waals surface area contributed by atoms with Crippen LogP contribution in [0.5, 0.6) is 0 Å². The summed E-state index contributed by atoms with van der Waals surface area (Å²) in [6, 6.07) is 12.8. The molecule has 35 heavy (non-hydrogen) atoms. The van der Waals surface area contributed by atoms with Crippen molar-refractivity contribution in [3.05, 3.63) is 64.7 Å². The van der Waals surface area contributed by atoms with E-state index in [1.807, 2.05) is 71.0 Å². The molecule has 0 fully saturated rings. The summed E-state index contributed by atoms with van der Waals surface area (Å²) in [5.41, 5.74) is 4.74. The van der Waals surface area contributed by atoms with Gasteiger partial charge >= 0.3 is 0 Å². The number of hydrogen-bond acceptors (Lipinski definition) is 4. The summed E-state index contributed by atoms with van der Waals surface area (Å²) in [6.45, 7) is 10.7. The highest BCUT2D eigenvalue weighted by Crippen LogP contribution is 2.22. The molecular weight excluding hydrogens is 462 g/mol. The molecule has 1 N–H and O–H groups in total. The van der Waals surface area contributed by atoms with Gasteiger partial charge in [-0.05, 0) is 69.4 Å². The van der Waals surface area contributed by atoms with Crippen molar-refractivity contribution >= 4 is 27.5 Å². The molecule has 0 heterocycles. The maximum Gasteiger partial charge on any atom is 0.242 e. The molecule has 0 bridgehead atoms. The van der Waals surface area contributed by atoms with Crippen LogP contribution in [0.1, 0.15) is 55.4 Å². The smallest absolute Gasteiger partial charge is 0.242 e. The molecule has 2 amide bonds. The fraction of sp³-hybridized carbons (Fsp3) is 0.481. The van der Waals surface area contributed by atoms with E-state index in [-0.39, 0.29) is 24.8 Å². The van der Waals surface area contributed by atoms with Gasteiger partial charge in [-0.3, -0.25) is 13.9 Å². The van der Waals surface area contributed by atoms with E-state index in [2.05, 4.69) is 5.32 Å². The van der Waals surface area contributed by atoms with Gasteiger partial charge in [0.1, 0.15) is 6.04 Å². The molecule has 1 atom stereocenters. The monoisotopic (exact) mass is 501 g/mol. The van der Waals surface area contributed by atoms with Crippen LogP contribution in [0.2, 0.25) is 0 Å². The second-order valence-corrected chi connectivity index (χ2v) is 10.9. The molecule has 2 aromatic carbocycles. The second-order valence-electron chi connectivity index (χ2n) is 9.03. The zero-order chi connectivity index (χ0) is 26.2. The molecule has 7 nitrogen and oxygen atoms in total. The molecular formula is C27H39N3O4S. The van der Waals surface area contributed by atoms with Crippen LogP contribution in [0.15, 0.2) is 42.5 Å². The van der Waals surface area contributed by atoms with Gasteiger partial charge in [-0.2, -0.15) is 0 Å². The Morgan fingerprint density at radius 2 is 1.63 bits per heavy atom. The molecule has 0 aromatic heterocycles. The highest BCUT2D eigenvalue weighted by atomic mass is 32.2. The van der Waals surface area contributed by atoms with Gasteiger partial charge in [0.05, 0.1) is 11.9 Å². The number of rotatable bonds is 12. The van der Waals surface area contributed by atoms with Crippen LogP contribution in [-0.4, -0.2) is 50.5 Å².